The van der Waals surface area contributed by atoms with Gasteiger partial charge < -0.3 is 15.8 Å². The minimum absolute atomic E-state index is 0.0522. The summed E-state index contributed by atoms with van der Waals surface area (Å²) in [6, 6.07) is 15.8. The molecular weight excluding hydrogens is 414 g/mol. The Balaban J connectivity index is 1.65. The standard InChI is InChI=1S/C26H27N5O2/c1-30-24-16-29-23-12-7-17(18(14-27)15-28-19-5-3-2-4-6-19)13-22(23)25(24)31(26(30)33)20-8-10-21(32)11-9-20/h2-7,12-16,20-21,27-28,32H,8-11H2,1H3/b18-15+,27-14?. The van der Waals surface area contributed by atoms with Crippen molar-refractivity contribution in [1.29, 1.82) is 5.41 Å². The maximum Gasteiger partial charge on any atom is 0.329 e. The Hall–Kier alpha value is -3.71. The molecular formula is C26H27N5O2. The quantitative estimate of drug-likeness (QED) is 0.398. The number of benzene rings is 2. The van der Waals surface area contributed by atoms with Crippen molar-refractivity contribution in [2.24, 2.45) is 7.05 Å². The molecule has 33 heavy (non-hydrogen) atoms. The second-order valence-electron chi connectivity index (χ2n) is 8.65. The highest BCUT2D eigenvalue weighted by Gasteiger charge is 2.26. The molecule has 2 aromatic carbocycles. The van der Waals surface area contributed by atoms with E-state index in [9.17, 15) is 9.90 Å². The Kier molecular flexibility index (Phi) is 5.56. The highest BCUT2D eigenvalue weighted by molar-refractivity contribution is 6.11. The summed E-state index contributed by atoms with van der Waals surface area (Å²) in [5.74, 6) is 0. The van der Waals surface area contributed by atoms with Crippen molar-refractivity contribution in [3.8, 4) is 0 Å². The van der Waals surface area contributed by atoms with Crippen LogP contribution in [0, 0.1) is 5.41 Å². The second-order valence-corrected chi connectivity index (χ2v) is 8.65. The zero-order chi connectivity index (χ0) is 22.9. The van der Waals surface area contributed by atoms with Crippen LogP contribution >= 0.6 is 0 Å². The lowest BCUT2D eigenvalue weighted by Crippen LogP contribution is -2.29. The molecule has 1 aliphatic rings. The van der Waals surface area contributed by atoms with Crippen LogP contribution in [0.4, 0.5) is 5.69 Å². The van der Waals surface area contributed by atoms with Crippen LogP contribution in [0.2, 0.25) is 0 Å². The van der Waals surface area contributed by atoms with E-state index in [1.165, 1.54) is 6.21 Å². The normalized spacial score (nSPS) is 19.2. The smallest absolute Gasteiger partial charge is 0.329 e. The molecule has 7 nitrogen and oxygen atoms in total. The van der Waals surface area contributed by atoms with Crippen molar-refractivity contribution < 1.29 is 5.11 Å². The molecule has 168 valence electrons. The van der Waals surface area contributed by atoms with Gasteiger partial charge in [0.05, 0.1) is 28.9 Å². The van der Waals surface area contributed by atoms with E-state index in [1.807, 2.05) is 59.3 Å². The lowest BCUT2D eigenvalue weighted by atomic mass is 9.92. The van der Waals surface area contributed by atoms with Crippen molar-refractivity contribution in [1.82, 2.24) is 14.1 Å². The number of nitrogens with one attached hydrogen (secondary N) is 2. The number of nitrogens with zero attached hydrogens (tertiary/aromatic N) is 3. The molecule has 0 radical (unpaired) electrons. The molecule has 0 spiro atoms. The minimum Gasteiger partial charge on any atom is -0.393 e. The number of hydrogen-bond acceptors (Lipinski definition) is 5. The molecule has 3 N–H and O–H groups in total. The first kappa shape index (κ1) is 21.2. The van der Waals surface area contributed by atoms with Crippen LogP contribution in [0.25, 0.3) is 27.5 Å². The summed E-state index contributed by atoms with van der Waals surface area (Å²) in [4.78, 5) is 17.8. The van der Waals surface area contributed by atoms with Gasteiger partial charge in [0.2, 0.25) is 0 Å². The van der Waals surface area contributed by atoms with Crippen LogP contribution in [0.5, 0.6) is 0 Å². The predicted octanol–water partition coefficient (Wildman–Crippen LogP) is 4.47. The van der Waals surface area contributed by atoms with Crippen molar-refractivity contribution in [3.05, 3.63) is 77.0 Å². The van der Waals surface area contributed by atoms with Gasteiger partial charge in [0, 0.05) is 42.2 Å². The van der Waals surface area contributed by atoms with Crippen molar-refractivity contribution in [2.45, 2.75) is 37.8 Å². The molecule has 1 aliphatic carbocycles. The molecule has 0 atom stereocenters. The highest BCUT2D eigenvalue weighted by atomic mass is 16.3. The summed E-state index contributed by atoms with van der Waals surface area (Å²) in [6.07, 6.45) is 7.57. The monoisotopic (exact) mass is 441 g/mol. The summed E-state index contributed by atoms with van der Waals surface area (Å²) >= 11 is 0. The molecule has 0 unspecified atom stereocenters. The van der Waals surface area contributed by atoms with E-state index in [0.717, 1.165) is 51.6 Å². The summed E-state index contributed by atoms with van der Waals surface area (Å²) in [5, 5.41) is 22.1. The van der Waals surface area contributed by atoms with Gasteiger partial charge in [-0.15, -0.1) is 0 Å². The molecule has 0 amide bonds. The number of aliphatic hydroxyl groups excluding tert-OH is 1. The van der Waals surface area contributed by atoms with Gasteiger partial charge in [-0.1, -0.05) is 24.3 Å². The fourth-order valence-electron chi connectivity index (χ4n) is 4.77. The van der Waals surface area contributed by atoms with E-state index in [2.05, 4.69) is 10.3 Å². The van der Waals surface area contributed by atoms with Gasteiger partial charge >= 0.3 is 5.69 Å². The van der Waals surface area contributed by atoms with Crippen LogP contribution in [0.15, 0.2) is 65.7 Å². The predicted molar refractivity (Wildman–Crippen MR) is 133 cm³/mol. The molecule has 4 aromatic rings. The number of pyridine rings is 1. The van der Waals surface area contributed by atoms with Crippen LogP contribution in [0.3, 0.4) is 0 Å². The fourth-order valence-corrected chi connectivity index (χ4v) is 4.77. The summed E-state index contributed by atoms with van der Waals surface area (Å²) in [7, 11) is 1.78. The van der Waals surface area contributed by atoms with Gasteiger partial charge in [0.25, 0.3) is 0 Å². The SMILES string of the molecule is Cn1c(=O)n(C2CCC(O)CC2)c2c3cc(/C(C=N)=C/Nc4ccccc4)ccc3ncc21. The Morgan fingerprint density at radius 3 is 2.64 bits per heavy atom. The number of anilines is 1. The topological polar surface area (TPSA) is 95.9 Å². The van der Waals surface area contributed by atoms with Crippen molar-refractivity contribution >= 4 is 39.4 Å². The second kappa shape index (κ2) is 8.67. The molecule has 1 fully saturated rings. The lowest BCUT2D eigenvalue weighted by Gasteiger charge is -2.26. The first-order valence-corrected chi connectivity index (χ1v) is 11.3. The fraction of sp³-hybridized carbons (Fsp3) is 0.269. The van der Waals surface area contributed by atoms with Gasteiger partial charge in [-0.25, -0.2) is 4.79 Å². The van der Waals surface area contributed by atoms with Crippen molar-refractivity contribution in [3.63, 3.8) is 0 Å². The molecule has 5 rings (SSSR count). The van der Waals surface area contributed by atoms with Gasteiger partial charge in [-0.2, -0.15) is 0 Å². The number of aryl methyl sites for hydroxylation is 1. The van der Waals surface area contributed by atoms with E-state index in [4.69, 9.17) is 5.41 Å². The van der Waals surface area contributed by atoms with E-state index in [0.29, 0.717) is 12.8 Å². The third-order valence-electron chi connectivity index (χ3n) is 6.60. The Bertz CT molecular complexity index is 1410. The van der Waals surface area contributed by atoms with Gasteiger partial charge in [0.15, 0.2) is 0 Å². The first-order chi connectivity index (χ1) is 16.1. The average molecular weight is 442 g/mol. The Morgan fingerprint density at radius 1 is 1.15 bits per heavy atom. The molecule has 2 heterocycles. The van der Waals surface area contributed by atoms with Crippen LogP contribution in [-0.2, 0) is 7.05 Å². The number of imidazole rings is 1. The maximum atomic E-state index is 13.2. The molecule has 0 aliphatic heterocycles. The number of allylic oxidation sites excluding steroid dienone is 1. The van der Waals surface area contributed by atoms with Crippen LogP contribution in [0.1, 0.15) is 37.3 Å². The number of fused-ring (bicyclic) bond motifs is 3. The van der Waals surface area contributed by atoms with Gasteiger partial charge in [0.1, 0.15) is 0 Å². The number of rotatable bonds is 5. The molecule has 0 saturated heterocycles. The van der Waals surface area contributed by atoms with E-state index in [-0.39, 0.29) is 17.8 Å². The Labute approximate surface area is 191 Å². The third-order valence-corrected chi connectivity index (χ3v) is 6.60. The zero-order valence-corrected chi connectivity index (χ0v) is 18.5. The average Bonchev–Trinajstić information content (AvgIpc) is 3.11. The van der Waals surface area contributed by atoms with E-state index >= 15 is 0 Å². The highest BCUT2D eigenvalue weighted by Crippen LogP contribution is 2.33. The number of aliphatic hydroxyl groups is 1. The number of aromatic nitrogens is 3. The van der Waals surface area contributed by atoms with Gasteiger partial charge in [-0.05, 0) is 55.5 Å². The summed E-state index contributed by atoms with van der Waals surface area (Å²) in [5.41, 5.74) is 4.95. The van der Waals surface area contributed by atoms with Crippen LogP contribution < -0.4 is 11.0 Å². The van der Waals surface area contributed by atoms with Crippen molar-refractivity contribution in [2.75, 3.05) is 5.32 Å². The lowest BCUT2D eigenvalue weighted by molar-refractivity contribution is 0.111. The Morgan fingerprint density at radius 2 is 1.91 bits per heavy atom. The largest absolute Gasteiger partial charge is 0.393 e. The first-order valence-electron chi connectivity index (χ1n) is 11.3. The number of para-hydroxylation sites is 1. The third kappa shape index (κ3) is 3.85. The minimum atomic E-state index is -0.283. The molecule has 1 saturated carbocycles. The number of hydrogen-bond donors (Lipinski definition) is 3. The molecule has 2 aromatic heterocycles. The summed E-state index contributed by atoms with van der Waals surface area (Å²) in [6.45, 7) is 0. The van der Waals surface area contributed by atoms with E-state index in [1.54, 1.807) is 17.8 Å². The maximum absolute atomic E-state index is 13.2. The van der Waals surface area contributed by atoms with Gasteiger partial charge in [-0.3, -0.25) is 14.1 Å². The molecule has 7 heteroatoms. The van der Waals surface area contributed by atoms with E-state index < -0.39 is 0 Å². The van der Waals surface area contributed by atoms with Crippen LogP contribution in [-0.4, -0.2) is 31.5 Å². The summed E-state index contributed by atoms with van der Waals surface area (Å²) < 4.78 is 3.55. The zero-order valence-electron chi connectivity index (χ0n) is 18.5. The molecule has 0 bridgehead atoms.